The minimum absolute atomic E-state index is 0.0879. The van der Waals surface area contributed by atoms with Crippen molar-refractivity contribution >= 4 is 21.6 Å². The van der Waals surface area contributed by atoms with Gasteiger partial charge in [0.1, 0.15) is 0 Å². The third-order valence-electron chi connectivity index (χ3n) is 1.90. The summed E-state index contributed by atoms with van der Waals surface area (Å²) in [5, 5.41) is 10.8. The number of nitro benzene ring substituents is 1. The molecule has 0 unspecified atom stereocenters. The van der Waals surface area contributed by atoms with E-state index in [2.05, 4.69) is 22.5 Å². The average Bonchev–Trinajstić information content (AvgIpc) is 2.15. The van der Waals surface area contributed by atoms with Crippen LogP contribution >= 0.6 is 15.9 Å². The van der Waals surface area contributed by atoms with Gasteiger partial charge >= 0.3 is 0 Å². The quantitative estimate of drug-likeness (QED) is 0.612. The van der Waals surface area contributed by atoms with Crippen LogP contribution < -0.4 is 0 Å². The predicted molar refractivity (Wildman–Crippen MR) is 59.0 cm³/mol. The molecule has 1 radical (unpaired) electrons. The number of halogens is 1. The summed E-state index contributed by atoms with van der Waals surface area (Å²) in [6.45, 7) is 5.39. The van der Waals surface area contributed by atoms with Gasteiger partial charge in [-0.1, -0.05) is 25.1 Å². The SMILES string of the molecule is C=C[C](C)c1cccc(Br)c1[N+](=O)[O-]. The molecule has 0 N–H and O–H groups in total. The number of nitro groups is 1. The van der Waals surface area contributed by atoms with Crippen LogP contribution in [0.1, 0.15) is 12.5 Å². The molecule has 0 aromatic heterocycles. The molecule has 1 rings (SSSR count). The van der Waals surface area contributed by atoms with Crippen molar-refractivity contribution in [2.24, 2.45) is 0 Å². The fourth-order valence-electron chi connectivity index (χ4n) is 1.13. The van der Waals surface area contributed by atoms with Gasteiger partial charge in [0.2, 0.25) is 0 Å². The van der Waals surface area contributed by atoms with E-state index in [1.807, 2.05) is 0 Å². The smallest absolute Gasteiger partial charge is 0.258 e. The fourth-order valence-corrected chi connectivity index (χ4v) is 1.64. The first-order valence-electron chi connectivity index (χ1n) is 3.97. The summed E-state index contributed by atoms with van der Waals surface area (Å²) in [6, 6.07) is 5.12. The molecule has 0 aliphatic carbocycles. The molecule has 0 saturated carbocycles. The van der Waals surface area contributed by atoms with Crippen LogP contribution in [0.4, 0.5) is 5.69 Å². The first-order chi connectivity index (χ1) is 6.57. The van der Waals surface area contributed by atoms with Crippen LogP contribution in [0, 0.1) is 16.0 Å². The van der Waals surface area contributed by atoms with Crippen molar-refractivity contribution < 1.29 is 4.92 Å². The van der Waals surface area contributed by atoms with Crippen LogP contribution in [0.5, 0.6) is 0 Å². The molecule has 3 nitrogen and oxygen atoms in total. The molecule has 0 bridgehead atoms. The molecule has 0 spiro atoms. The summed E-state index contributed by atoms with van der Waals surface area (Å²) in [5.74, 6) is 0.790. The first-order valence-corrected chi connectivity index (χ1v) is 4.76. The molecule has 0 atom stereocenters. The van der Waals surface area contributed by atoms with Gasteiger partial charge < -0.3 is 0 Å². The summed E-state index contributed by atoms with van der Waals surface area (Å²) in [7, 11) is 0. The van der Waals surface area contributed by atoms with Crippen molar-refractivity contribution in [1.29, 1.82) is 0 Å². The van der Waals surface area contributed by atoms with Crippen molar-refractivity contribution in [2.75, 3.05) is 0 Å². The molecule has 73 valence electrons. The lowest BCUT2D eigenvalue weighted by molar-refractivity contribution is -0.386. The molecule has 0 aliphatic heterocycles. The molecule has 14 heavy (non-hydrogen) atoms. The largest absolute Gasteiger partial charge is 0.287 e. The van der Waals surface area contributed by atoms with Gasteiger partial charge in [-0.05, 0) is 22.0 Å². The number of para-hydroxylation sites is 1. The molecule has 0 amide bonds. The number of hydrogen-bond donors (Lipinski definition) is 0. The maximum Gasteiger partial charge on any atom is 0.287 e. The van der Waals surface area contributed by atoms with E-state index in [0.717, 1.165) is 5.92 Å². The summed E-state index contributed by atoms with van der Waals surface area (Å²) >= 11 is 3.16. The van der Waals surface area contributed by atoms with E-state index in [9.17, 15) is 10.1 Å². The summed E-state index contributed by atoms with van der Waals surface area (Å²) in [5.41, 5.74) is 0.685. The van der Waals surface area contributed by atoms with Gasteiger partial charge in [-0.3, -0.25) is 10.1 Å². The molecule has 0 aliphatic rings. The van der Waals surface area contributed by atoms with E-state index in [1.54, 1.807) is 31.2 Å². The van der Waals surface area contributed by atoms with Crippen molar-refractivity contribution in [1.82, 2.24) is 0 Å². The van der Waals surface area contributed by atoms with Crippen molar-refractivity contribution in [3.8, 4) is 0 Å². The Morgan fingerprint density at radius 1 is 1.64 bits per heavy atom. The Bertz CT molecular complexity index is 376. The van der Waals surface area contributed by atoms with Gasteiger partial charge in [-0.25, -0.2) is 0 Å². The Kier molecular flexibility index (Phi) is 3.41. The predicted octanol–water partition coefficient (Wildman–Crippen LogP) is 3.49. The normalized spacial score (nSPS) is 10.2. The van der Waals surface area contributed by atoms with E-state index in [1.165, 1.54) is 0 Å². The molecule has 0 heterocycles. The van der Waals surface area contributed by atoms with Gasteiger partial charge in [-0.15, -0.1) is 6.58 Å². The lowest BCUT2D eigenvalue weighted by atomic mass is 10.00. The Morgan fingerprint density at radius 2 is 2.29 bits per heavy atom. The number of hydrogen-bond acceptors (Lipinski definition) is 2. The van der Waals surface area contributed by atoms with E-state index < -0.39 is 4.92 Å². The lowest BCUT2D eigenvalue weighted by Gasteiger charge is -2.07. The van der Waals surface area contributed by atoms with Crippen molar-refractivity contribution in [2.45, 2.75) is 6.92 Å². The summed E-state index contributed by atoms with van der Waals surface area (Å²) < 4.78 is 0.487. The fraction of sp³-hybridized carbons (Fsp3) is 0.100. The van der Waals surface area contributed by atoms with E-state index in [0.29, 0.717) is 10.0 Å². The number of nitrogens with zero attached hydrogens (tertiary/aromatic N) is 1. The standard InChI is InChI=1S/C10H9BrNO2/c1-3-7(2)8-5-4-6-9(11)10(8)12(13)14/h3-6H,1H2,2H3. The zero-order valence-electron chi connectivity index (χ0n) is 7.66. The molecular weight excluding hydrogens is 246 g/mol. The lowest BCUT2D eigenvalue weighted by Crippen LogP contribution is -1.99. The maximum atomic E-state index is 10.8. The molecule has 1 aromatic carbocycles. The second-order valence-corrected chi connectivity index (χ2v) is 3.63. The molecule has 4 heteroatoms. The van der Waals surface area contributed by atoms with Gasteiger partial charge in [0.05, 0.1) is 9.40 Å². The zero-order valence-corrected chi connectivity index (χ0v) is 9.24. The highest BCUT2D eigenvalue weighted by Crippen LogP contribution is 2.33. The van der Waals surface area contributed by atoms with E-state index in [4.69, 9.17) is 0 Å². The first kappa shape index (κ1) is 10.9. The minimum atomic E-state index is -0.396. The van der Waals surface area contributed by atoms with Gasteiger partial charge in [0.15, 0.2) is 0 Å². The molecule has 0 fully saturated rings. The number of rotatable bonds is 3. The van der Waals surface area contributed by atoms with Crippen LogP contribution in [0.15, 0.2) is 35.3 Å². The maximum absolute atomic E-state index is 10.8. The minimum Gasteiger partial charge on any atom is -0.258 e. The monoisotopic (exact) mass is 254 g/mol. The molecule has 0 saturated heterocycles. The van der Waals surface area contributed by atoms with Crippen LogP contribution in [0.25, 0.3) is 0 Å². The van der Waals surface area contributed by atoms with E-state index in [-0.39, 0.29) is 5.69 Å². The van der Waals surface area contributed by atoms with Gasteiger partial charge in [0.25, 0.3) is 5.69 Å². The number of allylic oxidation sites excluding steroid dienone is 1. The van der Waals surface area contributed by atoms with Crippen LogP contribution in [-0.4, -0.2) is 4.92 Å². The molecular formula is C10H9BrNO2. The van der Waals surface area contributed by atoms with Gasteiger partial charge in [0, 0.05) is 11.5 Å². The zero-order chi connectivity index (χ0) is 10.7. The highest BCUT2D eigenvalue weighted by atomic mass is 79.9. The topological polar surface area (TPSA) is 43.1 Å². The Balaban J connectivity index is 3.35. The van der Waals surface area contributed by atoms with Crippen LogP contribution in [-0.2, 0) is 0 Å². The second kappa shape index (κ2) is 4.37. The summed E-state index contributed by atoms with van der Waals surface area (Å²) in [4.78, 5) is 10.4. The van der Waals surface area contributed by atoms with Gasteiger partial charge in [-0.2, -0.15) is 0 Å². The molecule has 1 aromatic rings. The Morgan fingerprint density at radius 3 is 2.79 bits per heavy atom. The Labute approximate surface area is 90.7 Å². The average molecular weight is 255 g/mol. The second-order valence-electron chi connectivity index (χ2n) is 2.78. The van der Waals surface area contributed by atoms with Crippen molar-refractivity contribution in [3.63, 3.8) is 0 Å². The Hall–Kier alpha value is -1.16. The third-order valence-corrected chi connectivity index (χ3v) is 2.54. The highest BCUT2D eigenvalue weighted by molar-refractivity contribution is 9.10. The number of benzene rings is 1. The van der Waals surface area contributed by atoms with Crippen molar-refractivity contribution in [3.05, 3.63) is 56.9 Å². The third kappa shape index (κ3) is 2.01. The van der Waals surface area contributed by atoms with Crippen LogP contribution in [0.2, 0.25) is 0 Å². The summed E-state index contributed by atoms with van der Waals surface area (Å²) in [6.07, 6.45) is 1.61. The van der Waals surface area contributed by atoms with E-state index >= 15 is 0 Å². The van der Waals surface area contributed by atoms with Crippen LogP contribution in [0.3, 0.4) is 0 Å². The highest BCUT2D eigenvalue weighted by Gasteiger charge is 2.20.